The summed E-state index contributed by atoms with van der Waals surface area (Å²) in [5.74, 6) is 7.56. The molecular weight excluding hydrogens is 642 g/mol. The number of rotatable bonds is 0. The maximum absolute atomic E-state index is 11.0. The topological polar surface area (TPSA) is 74.6 Å². The summed E-state index contributed by atoms with van der Waals surface area (Å²) in [4.78, 5) is 21.8. The van der Waals surface area contributed by atoms with Gasteiger partial charge in [0.1, 0.15) is 13.2 Å². The molecule has 7 heteroatoms. The number of hydrogen-bond acceptors (Lipinski definition) is 4. The van der Waals surface area contributed by atoms with Crippen molar-refractivity contribution in [3.8, 4) is 24.2 Å². The van der Waals surface area contributed by atoms with E-state index in [0.717, 1.165) is 28.4 Å². The standard InChI is InChI=1S/C9H10O2.C6H7IO.C3H4O.V.W/c1-7-4-5-9(11)8(7)3-2-6-10;1-4-2-3-5(8)6(4)7;1-2-3-4;;/h10H,4-6H2,1H3;2-3H2,1H3;1,4H,3H2;;. The molecule has 2 rings (SSSR count). The average molecular weight is 663 g/mol. The molecule has 4 nitrogen and oxygen atoms in total. The van der Waals surface area contributed by atoms with Crippen molar-refractivity contribution < 1.29 is 59.4 Å². The Labute approximate surface area is 189 Å². The van der Waals surface area contributed by atoms with E-state index >= 15 is 0 Å². The van der Waals surface area contributed by atoms with Gasteiger partial charge in [0, 0.05) is 52.5 Å². The summed E-state index contributed by atoms with van der Waals surface area (Å²) in [6.45, 7) is 3.60. The van der Waals surface area contributed by atoms with Gasteiger partial charge in [0.2, 0.25) is 0 Å². The number of carbonyl (C=O) groups is 2. The molecule has 0 fully saturated rings. The molecule has 2 aliphatic carbocycles. The largest absolute Gasteiger partial charge is 0.384 e. The van der Waals surface area contributed by atoms with Crippen molar-refractivity contribution in [3.63, 3.8) is 0 Å². The summed E-state index contributed by atoms with van der Waals surface area (Å²) < 4.78 is 0.961. The van der Waals surface area contributed by atoms with Crippen LogP contribution >= 0.6 is 22.6 Å². The molecular formula is C18H21IO4VW. The van der Waals surface area contributed by atoms with Gasteiger partial charge in [-0.15, -0.1) is 6.42 Å². The monoisotopic (exact) mass is 663 g/mol. The van der Waals surface area contributed by atoms with Crippen LogP contribution in [0.15, 0.2) is 20.3 Å². The molecule has 0 atom stereocenters. The van der Waals surface area contributed by atoms with E-state index in [0.29, 0.717) is 17.8 Å². The molecule has 2 N–H and O–H groups in total. The minimum Gasteiger partial charge on any atom is -0.384 e. The zero-order valence-electron chi connectivity index (χ0n) is 14.3. The molecule has 0 saturated heterocycles. The van der Waals surface area contributed by atoms with E-state index in [1.54, 1.807) is 0 Å². The Kier molecular flexibility index (Phi) is 20.5. The van der Waals surface area contributed by atoms with Gasteiger partial charge in [-0.05, 0) is 49.3 Å². The van der Waals surface area contributed by atoms with E-state index in [1.807, 2.05) is 19.8 Å². The van der Waals surface area contributed by atoms with Gasteiger partial charge in [-0.1, -0.05) is 28.9 Å². The SMILES string of the molecule is C#CCO.CC1=C(C#CCO)C(=O)CC1.CC1=C(I)C(=O)CC1.[V].[W]. The number of halogens is 1. The van der Waals surface area contributed by atoms with Gasteiger partial charge in [0.25, 0.3) is 0 Å². The first-order valence-corrected chi connectivity index (χ1v) is 8.22. The van der Waals surface area contributed by atoms with Crippen LogP contribution in [0.4, 0.5) is 0 Å². The van der Waals surface area contributed by atoms with Crippen LogP contribution < -0.4 is 0 Å². The molecule has 25 heavy (non-hydrogen) atoms. The second-order valence-corrected chi connectivity index (χ2v) is 6.00. The predicted molar refractivity (Wildman–Crippen MR) is 98.7 cm³/mol. The number of aliphatic hydroxyl groups excluding tert-OH is 2. The Balaban J connectivity index is -0.000000308. The van der Waals surface area contributed by atoms with Gasteiger partial charge >= 0.3 is 0 Å². The van der Waals surface area contributed by atoms with Crippen LogP contribution in [0, 0.1) is 24.2 Å². The predicted octanol–water partition coefficient (Wildman–Crippen LogP) is 2.33. The summed E-state index contributed by atoms with van der Waals surface area (Å²) in [7, 11) is 0. The summed E-state index contributed by atoms with van der Waals surface area (Å²) in [5.41, 5.74) is 2.92. The van der Waals surface area contributed by atoms with E-state index in [1.165, 1.54) is 5.57 Å². The number of allylic oxidation sites excluding steroid dienone is 4. The van der Waals surface area contributed by atoms with Gasteiger partial charge in [-0.3, -0.25) is 9.59 Å². The second-order valence-electron chi connectivity index (χ2n) is 4.92. The molecule has 0 saturated carbocycles. The van der Waals surface area contributed by atoms with E-state index in [-0.39, 0.29) is 58.6 Å². The van der Waals surface area contributed by atoms with Crippen molar-refractivity contribution in [1.82, 2.24) is 0 Å². The van der Waals surface area contributed by atoms with E-state index < -0.39 is 0 Å². The number of hydrogen-bond donors (Lipinski definition) is 2. The van der Waals surface area contributed by atoms with Crippen molar-refractivity contribution >= 4 is 34.2 Å². The molecule has 0 unspecified atom stereocenters. The third-order valence-electron chi connectivity index (χ3n) is 3.16. The maximum atomic E-state index is 11.0. The van der Waals surface area contributed by atoms with Crippen LogP contribution in [-0.4, -0.2) is 35.0 Å². The zero-order valence-corrected chi connectivity index (χ0v) is 20.8. The minimum atomic E-state index is -0.177. The fraction of sp³-hybridized carbons (Fsp3) is 0.444. The Morgan fingerprint density at radius 3 is 1.72 bits per heavy atom. The minimum absolute atomic E-state index is 0. The van der Waals surface area contributed by atoms with Crippen molar-refractivity contribution in [2.75, 3.05) is 13.2 Å². The Morgan fingerprint density at radius 1 is 1.00 bits per heavy atom. The van der Waals surface area contributed by atoms with Gasteiger partial charge in [-0.2, -0.15) is 0 Å². The summed E-state index contributed by atoms with van der Waals surface area (Å²) >= 11 is 2.11. The van der Waals surface area contributed by atoms with Crippen LogP contribution in [0.2, 0.25) is 0 Å². The molecule has 0 aliphatic heterocycles. The zero-order chi connectivity index (χ0) is 17.8. The quantitative estimate of drug-likeness (QED) is 0.309. The molecule has 2 aliphatic rings. The van der Waals surface area contributed by atoms with Crippen molar-refractivity contribution in [1.29, 1.82) is 0 Å². The van der Waals surface area contributed by atoms with Crippen LogP contribution in [-0.2, 0) is 49.2 Å². The molecule has 135 valence electrons. The summed E-state index contributed by atoms with van der Waals surface area (Å²) in [6.07, 6.45) is 7.66. The van der Waals surface area contributed by atoms with Crippen LogP contribution in [0.1, 0.15) is 39.5 Å². The number of Topliss-reactive ketones (excluding diaryl/α,β-unsaturated/α-hetero) is 2. The summed E-state index contributed by atoms with van der Waals surface area (Å²) in [5, 5.41) is 16.0. The van der Waals surface area contributed by atoms with Crippen molar-refractivity contribution in [3.05, 3.63) is 20.3 Å². The Morgan fingerprint density at radius 2 is 1.48 bits per heavy atom. The maximum Gasteiger partial charge on any atom is 0.171 e. The molecule has 0 aromatic heterocycles. The fourth-order valence-electron chi connectivity index (χ4n) is 1.85. The van der Waals surface area contributed by atoms with Gasteiger partial charge in [0.05, 0.1) is 9.15 Å². The smallest absolute Gasteiger partial charge is 0.171 e. The van der Waals surface area contributed by atoms with E-state index in [9.17, 15) is 9.59 Å². The Bertz CT molecular complexity index is 621. The second kappa shape index (κ2) is 17.3. The Hall–Kier alpha value is -0.137. The third kappa shape index (κ3) is 12.0. The normalized spacial score (nSPS) is 14.7. The average Bonchev–Trinajstić information content (AvgIpc) is 3.02. The van der Waals surface area contributed by atoms with Crippen LogP contribution in [0.5, 0.6) is 0 Å². The molecule has 0 aromatic carbocycles. The summed E-state index contributed by atoms with van der Waals surface area (Å²) in [6, 6.07) is 0. The number of terminal acetylenes is 1. The third-order valence-corrected chi connectivity index (χ3v) is 4.69. The first-order valence-electron chi connectivity index (χ1n) is 7.14. The van der Waals surface area contributed by atoms with E-state index in [4.69, 9.17) is 10.2 Å². The van der Waals surface area contributed by atoms with Crippen molar-refractivity contribution in [2.24, 2.45) is 0 Å². The van der Waals surface area contributed by atoms with Crippen LogP contribution in [0.25, 0.3) is 0 Å². The first kappa shape index (κ1) is 29.6. The van der Waals surface area contributed by atoms with Crippen LogP contribution in [0.3, 0.4) is 0 Å². The number of carbonyl (C=O) groups excluding carboxylic acids is 2. The molecule has 0 aromatic rings. The number of aliphatic hydroxyl groups is 2. The van der Waals surface area contributed by atoms with Crippen molar-refractivity contribution in [2.45, 2.75) is 39.5 Å². The van der Waals surface area contributed by atoms with Gasteiger partial charge in [-0.25, -0.2) is 0 Å². The molecule has 0 heterocycles. The molecule has 0 bridgehead atoms. The first-order chi connectivity index (χ1) is 10.9. The van der Waals surface area contributed by atoms with Gasteiger partial charge < -0.3 is 10.2 Å². The molecule has 1 radical (unpaired) electrons. The molecule has 0 spiro atoms. The molecule has 0 amide bonds. The van der Waals surface area contributed by atoms with Gasteiger partial charge in [0.15, 0.2) is 11.6 Å². The van der Waals surface area contributed by atoms with E-state index in [2.05, 4.69) is 40.9 Å². The number of ketones is 2. The fourth-order valence-corrected chi connectivity index (χ4v) is 2.39.